The second-order valence-electron chi connectivity index (χ2n) is 8.39. The van der Waals surface area contributed by atoms with Crippen molar-refractivity contribution >= 4 is 56.3 Å². The first kappa shape index (κ1) is 27.3. The van der Waals surface area contributed by atoms with Crippen LogP contribution in [0.15, 0.2) is 77.4 Å². The third-order valence-corrected chi connectivity index (χ3v) is 6.62. The van der Waals surface area contributed by atoms with Crippen molar-refractivity contribution in [2.75, 3.05) is 13.7 Å². The summed E-state index contributed by atoms with van der Waals surface area (Å²) in [5.74, 6) is -0.0441. The number of hydrogen-bond donors (Lipinski definition) is 4. The van der Waals surface area contributed by atoms with Gasteiger partial charge < -0.3 is 19.8 Å². The number of halogens is 2. The van der Waals surface area contributed by atoms with Crippen molar-refractivity contribution in [2.45, 2.75) is 12.5 Å². The van der Waals surface area contributed by atoms with Crippen molar-refractivity contribution in [3.8, 4) is 11.5 Å². The monoisotopic (exact) mass is 597 g/mol. The van der Waals surface area contributed by atoms with Crippen LogP contribution in [0.1, 0.15) is 21.5 Å². The summed E-state index contributed by atoms with van der Waals surface area (Å²) in [7, 11) is 1.51. The Morgan fingerprint density at radius 2 is 1.95 bits per heavy atom. The molecule has 0 fully saturated rings. The predicted octanol–water partition coefficient (Wildman–Crippen LogP) is 5.53. The average molecular weight is 599 g/mol. The largest absolute Gasteiger partial charge is 0.493 e. The molecule has 4 aromatic rings. The van der Waals surface area contributed by atoms with E-state index in [4.69, 9.17) is 26.3 Å². The Kier molecular flexibility index (Phi) is 9.06. The highest BCUT2D eigenvalue weighted by Gasteiger charge is 2.20. The molecule has 0 saturated heterocycles. The quantitative estimate of drug-likeness (QED) is 0.109. The molecule has 0 spiro atoms. The van der Waals surface area contributed by atoms with Crippen LogP contribution in [0.3, 0.4) is 0 Å². The van der Waals surface area contributed by atoms with Gasteiger partial charge in [-0.1, -0.05) is 51.8 Å². The topological polar surface area (TPSA) is 113 Å². The van der Waals surface area contributed by atoms with E-state index >= 15 is 0 Å². The molecule has 2 amide bonds. The van der Waals surface area contributed by atoms with Crippen LogP contribution in [-0.4, -0.2) is 41.8 Å². The molecule has 196 valence electrons. The van der Waals surface area contributed by atoms with E-state index in [1.165, 1.54) is 19.3 Å². The van der Waals surface area contributed by atoms with E-state index in [9.17, 15) is 9.59 Å². The zero-order valence-electron chi connectivity index (χ0n) is 20.3. The zero-order chi connectivity index (χ0) is 27.1. The SMILES string of the molecule is COc1cc(/C=C/C(=O)NO)ccc1OC[C@H](Cc1c[nH]c2ccccc12)NC(=O)c1ccc(Br)cc1Cl. The maximum absolute atomic E-state index is 13.2. The molecule has 1 atom stereocenters. The van der Waals surface area contributed by atoms with Crippen molar-refractivity contribution < 1.29 is 24.3 Å². The van der Waals surface area contributed by atoms with E-state index in [-0.39, 0.29) is 12.5 Å². The second-order valence-corrected chi connectivity index (χ2v) is 9.71. The molecule has 3 aromatic carbocycles. The fraction of sp³-hybridized carbons (Fsp3) is 0.143. The van der Waals surface area contributed by atoms with Gasteiger partial charge in [0.2, 0.25) is 0 Å². The van der Waals surface area contributed by atoms with Gasteiger partial charge in [0.05, 0.1) is 23.7 Å². The van der Waals surface area contributed by atoms with Crippen LogP contribution < -0.4 is 20.3 Å². The van der Waals surface area contributed by atoms with Gasteiger partial charge in [0.1, 0.15) is 6.61 Å². The molecule has 0 bridgehead atoms. The first-order valence-electron chi connectivity index (χ1n) is 11.6. The average Bonchev–Trinajstić information content (AvgIpc) is 3.33. The standard InChI is InChI=1S/C28H25BrClN3O5/c1-37-26-12-17(7-11-27(34)33-36)6-10-25(26)38-16-20(13-18-15-31-24-5-3-2-4-21(18)24)32-28(35)22-9-8-19(29)14-23(22)30/h2-12,14-15,20,31,36H,13,16H2,1H3,(H,32,35)(H,33,34)/b11-7+/t20-/m0/s1. The Balaban J connectivity index is 1.55. The van der Waals surface area contributed by atoms with Crippen LogP contribution in [-0.2, 0) is 11.2 Å². The molecule has 0 aliphatic carbocycles. The Labute approximate surface area is 232 Å². The number of hydroxylamine groups is 1. The highest BCUT2D eigenvalue weighted by Crippen LogP contribution is 2.29. The predicted molar refractivity (Wildman–Crippen MR) is 150 cm³/mol. The molecule has 10 heteroatoms. The van der Waals surface area contributed by atoms with Gasteiger partial charge in [-0.25, -0.2) is 5.48 Å². The minimum Gasteiger partial charge on any atom is -0.493 e. The lowest BCUT2D eigenvalue weighted by atomic mass is 10.0. The van der Waals surface area contributed by atoms with E-state index in [1.807, 2.05) is 30.5 Å². The lowest BCUT2D eigenvalue weighted by Gasteiger charge is -2.21. The van der Waals surface area contributed by atoms with Crippen LogP contribution in [0.25, 0.3) is 17.0 Å². The molecule has 8 nitrogen and oxygen atoms in total. The molecule has 0 unspecified atom stereocenters. The van der Waals surface area contributed by atoms with E-state index in [2.05, 4.69) is 26.2 Å². The summed E-state index contributed by atoms with van der Waals surface area (Å²) >= 11 is 9.68. The fourth-order valence-electron chi connectivity index (χ4n) is 3.96. The smallest absolute Gasteiger partial charge is 0.267 e. The fourth-order valence-corrected chi connectivity index (χ4v) is 4.72. The Bertz CT molecular complexity index is 1490. The molecule has 0 saturated carbocycles. The number of nitrogens with one attached hydrogen (secondary N) is 3. The number of hydrogen-bond acceptors (Lipinski definition) is 5. The van der Waals surface area contributed by atoms with Crippen LogP contribution in [0, 0.1) is 0 Å². The number of amides is 2. The second kappa shape index (κ2) is 12.6. The summed E-state index contributed by atoms with van der Waals surface area (Å²) in [6.07, 6.45) is 5.15. The number of H-pyrrole nitrogens is 1. The van der Waals surface area contributed by atoms with E-state index in [1.54, 1.807) is 41.9 Å². The zero-order valence-corrected chi connectivity index (χ0v) is 22.7. The Morgan fingerprint density at radius 3 is 2.71 bits per heavy atom. The summed E-state index contributed by atoms with van der Waals surface area (Å²) in [5, 5.41) is 13.1. The maximum atomic E-state index is 13.2. The Hall–Kier alpha value is -3.79. The maximum Gasteiger partial charge on any atom is 0.267 e. The summed E-state index contributed by atoms with van der Waals surface area (Å²) < 4.78 is 12.4. The Morgan fingerprint density at radius 1 is 1.13 bits per heavy atom. The number of benzene rings is 3. The molecule has 1 heterocycles. The molecular formula is C28H25BrClN3O5. The number of aromatic nitrogens is 1. The number of carbonyl (C=O) groups excluding carboxylic acids is 2. The van der Waals surface area contributed by atoms with Gasteiger partial charge in [-0.3, -0.25) is 14.8 Å². The molecular weight excluding hydrogens is 574 g/mol. The van der Waals surface area contributed by atoms with Crippen molar-refractivity contribution in [3.05, 3.63) is 99.1 Å². The minimum absolute atomic E-state index is 0.151. The van der Waals surface area contributed by atoms with Gasteiger partial charge in [-0.15, -0.1) is 0 Å². The summed E-state index contributed by atoms with van der Waals surface area (Å²) in [6, 6.07) is 17.8. The van der Waals surface area contributed by atoms with Gasteiger partial charge >= 0.3 is 0 Å². The van der Waals surface area contributed by atoms with Gasteiger partial charge in [-0.2, -0.15) is 0 Å². The van der Waals surface area contributed by atoms with Crippen LogP contribution in [0.5, 0.6) is 11.5 Å². The van der Waals surface area contributed by atoms with Gasteiger partial charge in [0, 0.05) is 27.6 Å². The summed E-state index contributed by atoms with van der Waals surface area (Å²) in [6.45, 7) is 0.151. The molecule has 38 heavy (non-hydrogen) atoms. The first-order chi connectivity index (χ1) is 18.4. The third-order valence-electron chi connectivity index (χ3n) is 5.82. The molecule has 4 rings (SSSR count). The third kappa shape index (κ3) is 6.74. The molecule has 0 aliphatic rings. The van der Waals surface area contributed by atoms with Crippen LogP contribution >= 0.6 is 27.5 Å². The normalized spacial score (nSPS) is 11.9. The molecule has 1 aromatic heterocycles. The van der Waals surface area contributed by atoms with Crippen molar-refractivity contribution in [2.24, 2.45) is 0 Å². The summed E-state index contributed by atoms with van der Waals surface area (Å²) in [4.78, 5) is 27.7. The summed E-state index contributed by atoms with van der Waals surface area (Å²) in [5.41, 5.74) is 4.61. The number of fused-ring (bicyclic) bond motifs is 1. The highest BCUT2D eigenvalue weighted by atomic mass is 79.9. The molecule has 0 radical (unpaired) electrons. The first-order valence-corrected chi connectivity index (χ1v) is 12.8. The van der Waals surface area contributed by atoms with Gasteiger partial charge in [0.25, 0.3) is 11.8 Å². The van der Waals surface area contributed by atoms with Crippen LogP contribution in [0.2, 0.25) is 5.02 Å². The van der Waals surface area contributed by atoms with E-state index in [0.717, 1.165) is 20.9 Å². The number of rotatable bonds is 10. The number of carbonyl (C=O) groups is 2. The van der Waals surface area contributed by atoms with E-state index in [0.29, 0.717) is 34.1 Å². The molecule has 4 N–H and O–H groups in total. The minimum atomic E-state index is -0.647. The van der Waals surface area contributed by atoms with Crippen molar-refractivity contribution in [3.63, 3.8) is 0 Å². The number of para-hydroxylation sites is 1. The van der Waals surface area contributed by atoms with E-state index < -0.39 is 11.9 Å². The van der Waals surface area contributed by atoms with Crippen molar-refractivity contribution in [1.29, 1.82) is 0 Å². The number of aromatic amines is 1. The van der Waals surface area contributed by atoms with Gasteiger partial charge in [-0.05, 0) is 60.0 Å². The number of ether oxygens (including phenoxy) is 2. The van der Waals surface area contributed by atoms with Gasteiger partial charge in [0.15, 0.2) is 11.5 Å². The lowest BCUT2D eigenvalue weighted by Crippen LogP contribution is -2.40. The lowest BCUT2D eigenvalue weighted by molar-refractivity contribution is -0.124. The number of methoxy groups -OCH3 is 1. The van der Waals surface area contributed by atoms with Crippen molar-refractivity contribution in [1.82, 2.24) is 15.8 Å². The highest BCUT2D eigenvalue weighted by molar-refractivity contribution is 9.10. The van der Waals surface area contributed by atoms with Crippen LogP contribution in [0.4, 0.5) is 0 Å². The molecule has 0 aliphatic heterocycles.